The van der Waals surface area contributed by atoms with Crippen LogP contribution in [0.3, 0.4) is 0 Å². The highest BCUT2D eigenvalue weighted by Crippen LogP contribution is 2.30. The lowest BCUT2D eigenvalue weighted by Gasteiger charge is -2.34. The Bertz CT molecular complexity index is 830. The molecular formula is C22H27N3O4. The van der Waals surface area contributed by atoms with Gasteiger partial charge in [-0.05, 0) is 42.8 Å². The molecule has 1 saturated heterocycles. The first-order chi connectivity index (χ1) is 14.1. The molecule has 7 heteroatoms. The molecule has 0 aromatic heterocycles. The molecule has 3 rings (SSSR count). The van der Waals surface area contributed by atoms with E-state index >= 15 is 0 Å². The summed E-state index contributed by atoms with van der Waals surface area (Å²) in [6.45, 7) is 5.43. The average Bonchev–Trinajstić information content (AvgIpc) is 2.75. The van der Waals surface area contributed by atoms with Gasteiger partial charge in [-0.1, -0.05) is 12.1 Å². The highest BCUT2D eigenvalue weighted by molar-refractivity contribution is 5.94. The maximum atomic E-state index is 12.6. The molecule has 154 valence electrons. The standard InChI is InChI=1S/C22H27N3O4/c1-3-29-19-7-4-17(5-8-19)14-22(27)23-20-15-18(6-9-21(20)28-2)25-12-10-24(16-26)11-13-25/h4-9,15-16H,3,10-14H2,1-2H3,(H,23,27). The molecule has 1 heterocycles. The summed E-state index contributed by atoms with van der Waals surface area (Å²) in [4.78, 5) is 27.4. The predicted molar refractivity (Wildman–Crippen MR) is 113 cm³/mol. The van der Waals surface area contributed by atoms with Gasteiger partial charge in [0.05, 0.1) is 25.8 Å². The second kappa shape index (κ2) is 9.82. The van der Waals surface area contributed by atoms with Gasteiger partial charge in [-0.3, -0.25) is 9.59 Å². The minimum Gasteiger partial charge on any atom is -0.495 e. The van der Waals surface area contributed by atoms with E-state index in [9.17, 15) is 9.59 Å². The van der Waals surface area contributed by atoms with E-state index in [1.54, 1.807) is 12.0 Å². The van der Waals surface area contributed by atoms with E-state index < -0.39 is 0 Å². The lowest BCUT2D eigenvalue weighted by molar-refractivity contribution is -0.118. The van der Waals surface area contributed by atoms with Crippen LogP contribution in [0.5, 0.6) is 11.5 Å². The van der Waals surface area contributed by atoms with Crippen LogP contribution in [0.2, 0.25) is 0 Å². The molecule has 7 nitrogen and oxygen atoms in total. The molecule has 29 heavy (non-hydrogen) atoms. The van der Waals surface area contributed by atoms with Gasteiger partial charge in [0.15, 0.2) is 0 Å². The van der Waals surface area contributed by atoms with Crippen LogP contribution in [0.25, 0.3) is 0 Å². The topological polar surface area (TPSA) is 71.1 Å². The fraction of sp³-hybridized carbons (Fsp3) is 0.364. The highest BCUT2D eigenvalue weighted by Gasteiger charge is 2.18. The van der Waals surface area contributed by atoms with Crippen molar-refractivity contribution >= 4 is 23.7 Å². The van der Waals surface area contributed by atoms with Crippen molar-refractivity contribution in [2.24, 2.45) is 0 Å². The number of carbonyl (C=O) groups is 2. The molecule has 0 saturated carbocycles. The first-order valence-electron chi connectivity index (χ1n) is 9.77. The van der Waals surface area contributed by atoms with Gasteiger partial charge in [-0.15, -0.1) is 0 Å². The van der Waals surface area contributed by atoms with Crippen LogP contribution in [0, 0.1) is 0 Å². The summed E-state index contributed by atoms with van der Waals surface area (Å²) in [6.07, 6.45) is 1.15. The Hall–Kier alpha value is -3.22. The zero-order valence-corrected chi connectivity index (χ0v) is 16.9. The normalized spacial score (nSPS) is 13.7. The van der Waals surface area contributed by atoms with Crippen molar-refractivity contribution < 1.29 is 19.1 Å². The number of nitrogens with one attached hydrogen (secondary N) is 1. The molecule has 1 aliphatic heterocycles. The van der Waals surface area contributed by atoms with Gasteiger partial charge in [-0.25, -0.2) is 0 Å². The number of ether oxygens (including phenoxy) is 2. The number of rotatable bonds is 8. The number of nitrogens with zero attached hydrogens (tertiary/aromatic N) is 2. The number of carbonyl (C=O) groups excluding carboxylic acids is 2. The van der Waals surface area contributed by atoms with Gasteiger partial charge in [0.1, 0.15) is 11.5 Å². The maximum absolute atomic E-state index is 12.6. The molecule has 0 spiro atoms. The van der Waals surface area contributed by atoms with E-state index in [1.165, 1.54) is 0 Å². The Morgan fingerprint density at radius 1 is 1.10 bits per heavy atom. The Balaban J connectivity index is 1.67. The van der Waals surface area contributed by atoms with Crippen molar-refractivity contribution in [2.45, 2.75) is 13.3 Å². The van der Waals surface area contributed by atoms with Crippen molar-refractivity contribution in [3.63, 3.8) is 0 Å². The third-order valence-corrected chi connectivity index (χ3v) is 4.88. The van der Waals surface area contributed by atoms with Gasteiger partial charge in [0.25, 0.3) is 0 Å². The van der Waals surface area contributed by atoms with Crippen molar-refractivity contribution in [3.8, 4) is 11.5 Å². The number of methoxy groups -OCH3 is 1. The smallest absolute Gasteiger partial charge is 0.228 e. The summed E-state index contributed by atoms with van der Waals surface area (Å²) in [5.74, 6) is 1.29. The van der Waals surface area contributed by atoms with Crippen molar-refractivity contribution in [1.29, 1.82) is 0 Å². The minimum absolute atomic E-state index is 0.115. The molecule has 1 aliphatic rings. The SMILES string of the molecule is CCOc1ccc(CC(=O)Nc2cc(N3CCN(C=O)CC3)ccc2OC)cc1. The van der Waals surface area contributed by atoms with Crippen LogP contribution in [-0.4, -0.2) is 57.1 Å². The van der Waals surface area contributed by atoms with Crippen LogP contribution in [-0.2, 0) is 16.0 Å². The number of hydrogen-bond acceptors (Lipinski definition) is 5. The van der Waals surface area contributed by atoms with Crippen LogP contribution < -0.4 is 19.7 Å². The second-order valence-electron chi connectivity index (χ2n) is 6.81. The summed E-state index contributed by atoms with van der Waals surface area (Å²) < 4.78 is 10.8. The van der Waals surface area contributed by atoms with Crippen molar-refractivity contribution in [3.05, 3.63) is 48.0 Å². The molecule has 2 aromatic carbocycles. The van der Waals surface area contributed by atoms with E-state index in [0.29, 0.717) is 31.1 Å². The number of anilines is 2. The van der Waals surface area contributed by atoms with Crippen LogP contribution >= 0.6 is 0 Å². The van der Waals surface area contributed by atoms with Gasteiger partial charge in [0, 0.05) is 31.9 Å². The Morgan fingerprint density at radius 2 is 1.83 bits per heavy atom. The van der Waals surface area contributed by atoms with Crippen molar-refractivity contribution in [2.75, 3.05) is 50.1 Å². The zero-order chi connectivity index (χ0) is 20.6. The van der Waals surface area contributed by atoms with E-state index in [0.717, 1.165) is 36.5 Å². The molecule has 1 fully saturated rings. The molecule has 0 bridgehead atoms. The highest BCUT2D eigenvalue weighted by atomic mass is 16.5. The van der Waals surface area contributed by atoms with Gasteiger partial charge in [0.2, 0.25) is 12.3 Å². The third-order valence-electron chi connectivity index (χ3n) is 4.88. The van der Waals surface area contributed by atoms with Gasteiger partial charge < -0.3 is 24.6 Å². The second-order valence-corrected chi connectivity index (χ2v) is 6.81. The molecular weight excluding hydrogens is 370 g/mol. The fourth-order valence-corrected chi connectivity index (χ4v) is 3.33. The minimum atomic E-state index is -0.115. The summed E-state index contributed by atoms with van der Waals surface area (Å²) in [5.41, 5.74) is 2.54. The van der Waals surface area contributed by atoms with Crippen LogP contribution in [0.4, 0.5) is 11.4 Å². The van der Waals surface area contributed by atoms with Crippen molar-refractivity contribution in [1.82, 2.24) is 4.90 Å². The lowest BCUT2D eigenvalue weighted by atomic mass is 10.1. The van der Waals surface area contributed by atoms with E-state index in [-0.39, 0.29) is 12.3 Å². The third kappa shape index (κ3) is 5.40. The summed E-state index contributed by atoms with van der Waals surface area (Å²) >= 11 is 0. The largest absolute Gasteiger partial charge is 0.495 e. The zero-order valence-electron chi connectivity index (χ0n) is 16.9. The monoisotopic (exact) mass is 397 g/mol. The summed E-state index contributed by atoms with van der Waals surface area (Å²) in [5, 5.41) is 2.96. The number of piperazine rings is 1. The number of hydrogen-bond donors (Lipinski definition) is 1. The number of benzene rings is 2. The van der Waals surface area contributed by atoms with Gasteiger partial charge >= 0.3 is 0 Å². The van der Waals surface area contributed by atoms with E-state index in [4.69, 9.17) is 9.47 Å². The maximum Gasteiger partial charge on any atom is 0.228 e. The Kier molecular flexibility index (Phi) is 6.94. The fourth-order valence-electron chi connectivity index (χ4n) is 3.33. The first-order valence-corrected chi connectivity index (χ1v) is 9.77. The van der Waals surface area contributed by atoms with Gasteiger partial charge in [-0.2, -0.15) is 0 Å². The molecule has 1 N–H and O–H groups in total. The lowest BCUT2D eigenvalue weighted by Crippen LogP contribution is -2.45. The van der Waals surface area contributed by atoms with Crippen LogP contribution in [0.1, 0.15) is 12.5 Å². The summed E-state index contributed by atoms with van der Waals surface area (Å²) in [6, 6.07) is 13.3. The molecule has 0 aliphatic carbocycles. The average molecular weight is 397 g/mol. The van der Waals surface area contributed by atoms with Crippen LogP contribution in [0.15, 0.2) is 42.5 Å². The quantitative estimate of drug-likeness (QED) is 0.693. The Morgan fingerprint density at radius 3 is 2.45 bits per heavy atom. The van der Waals surface area contributed by atoms with E-state index in [2.05, 4.69) is 10.2 Å². The molecule has 2 aromatic rings. The molecule has 0 unspecified atom stereocenters. The molecule has 0 atom stereocenters. The Labute approximate surface area is 171 Å². The summed E-state index contributed by atoms with van der Waals surface area (Å²) in [7, 11) is 1.58. The number of amides is 2. The molecule has 0 radical (unpaired) electrons. The first kappa shape index (κ1) is 20.5. The molecule has 2 amide bonds. The predicted octanol–water partition coefficient (Wildman–Crippen LogP) is 2.55. The van der Waals surface area contributed by atoms with E-state index in [1.807, 2.05) is 49.4 Å².